The molecule has 1 amide bonds. The standard InChI is InChI=1S/C28H21NO10/c1-14(30)36-17-4-7-21-23(12-17)38-24-13-18(37-15(2)31)5-8-22(24)28(21)20-6-3-16(11-19(20)27(35)39-28)26(34)29-10-9-25(32)33/h3-8,11-13H,9-10H2,1-2H3,(H,29,34)(H,32,33). The first-order valence-electron chi connectivity index (χ1n) is 11.8. The summed E-state index contributed by atoms with van der Waals surface area (Å²) in [7, 11) is 0. The lowest BCUT2D eigenvalue weighted by molar-refractivity contribution is -0.137. The maximum absolute atomic E-state index is 13.3. The molecule has 0 saturated carbocycles. The lowest BCUT2D eigenvalue weighted by Gasteiger charge is -2.36. The lowest BCUT2D eigenvalue weighted by Crippen LogP contribution is -2.33. The van der Waals surface area contributed by atoms with Crippen molar-refractivity contribution >= 4 is 29.8 Å². The van der Waals surface area contributed by atoms with Crippen molar-refractivity contribution in [3.63, 3.8) is 0 Å². The molecular weight excluding hydrogens is 510 g/mol. The van der Waals surface area contributed by atoms with E-state index in [-0.39, 0.29) is 47.1 Å². The van der Waals surface area contributed by atoms with Crippen molar-refractivity contribution in [3.8, 4) is 23.0 Å². The number of amides is 1. The molecular formula is C28H21NO10. The Labute approximate surface area is 221 Å². The van der Waals surface area contributed by atoms with Crippen molar-refractivity contribution in [2.24, 2.45) is 0 Å². The van der Waals surface area contributed by atoms with Crippen LogP contribution in [0.5, 0.6) is 23.0 Å². The molecule has 2 N–H and O–H groups in total. The molecule has 3 aromatic rings. The van der Waals surface area contributed by atoms with Gasteiger partial charge in [-0.3, -0.25) is 19.2 Å². The quantitative estimate of drug-likeness (QED) is 0.358. The van der Waals surface area contributed by atoms with Gasteiger partial charge in [0.25, 0.3) is 5.91 Å². The Balaban J connectivity index is 1.64. The average Bonchev–Trinajstić information content (AvgIpc) is 3.15. The van der Waals surface area contributed by atoms with E-state index in [0.717, 1.165) is 0 Å². The highest BCUT2D eigenvalue weighted by atomic mass is 16.6. The van der Waals surface area contributed by atoms with Crippen LogP contribution in [0.15, 0.2) is 54.6 Å². The summed E-state index contributed by atoms with van der Waals surface area (Å²) in [5.41, 5.74) is 0.107. The largest absolute Gasteiger partial charge is 0.481 e. The van der Waals surface area contributed by atoms with Crippen molar-refractivity contribution in [2.75, 3.05) is 6.54 Å². The number of carbonyl (C=O) groups excluding carboxylic acids is 4. The number of carboxylic acids is 1. The number of rotatable bonds is 6. The third-order valence-electron chi connectivity index (χ3n) is 6.16. The Morgan fingerprint density at radius 3 is 1.95 bits per heavy atom. The van der Waals surface area contributed by atoms with Gasteiger partial charge in [-0.2, -0.15) is 0 Å². The van der Waals surface area contributed by atoms with Crippen LogP contribution in [0.1, 0.15) is 57.7 Å². The molecule has 39 heavy (non-hydrogen) atoms. The maximum atomic E-state index is 13.3. The Kier molecular flexibility index (Phi) is 6.27. The van der Waals surface area contributed by atoms with Gasteiger partial charge in [-0.1, -0.05) is 6.07 Å². The topological polar surface area (TPSA) is 155 Å². The van der Waals surface area contributed by atoms with Crippen LogP contribution in [-0.2, 0) is 24.7 Å². The number of carboxylic acid groups (broad SMARTS) is 1. The van der Waals surface area contributed by atoms with Crippen LogP contribution < -0.4 is 19.5 Å². The van der Waals surface area contributed by atoms with Crippen molar-refractivity contribution in [2.45, 2.75) is 25.9 Å². The summed E-state index contributed by atoms with van der Waals surface area (Å²) in [6.45, 7) is 2.44. The lowest BCUT2D eigenvalue weighted by atomic mass is 9.77. The van der Waals surface area contributed by atoms with Gasteiger partial charge < -0.3 is 29.4 Å². The van der Waals surface area contributed by atoms with Gasteiger partial charge in [0.1, 0.15) is 23.0 Å². The Morgan fingerprint density at radius 1 is 0.846 bits per heavy atom. The van der Waals surface area contributed by atoms with Crippen molar-refractivity contribution in [1.82, 2.24) is 5.32 Å². The van der Waals surface area contributed by atoms with Crippen molar-refractivity contribution < 1.29 is 48.0 Å². The van der Waals surface area contributed by atoms with Gasteiger partial charge in [-0.15, -0.1) is 0 Å². The van der Waals surface area contributed by atoms with Gasteiger partial charge in [0.15, 0.2) is 5.60 Å². The molecule has 2 heterocycles. The van der Waals surface area contributed by atoms with E-state index in [1.54, 1.807) is 30.3 Å². The number of carbonyl (C=O) groups is 5. The van der Waals surface area contributed by atoms with Crippen LogP contribution in [0, 0.1) is 0 Å². The van der Waals surface area contributed by atoms with E-state index >= 15 is 0 Å². The molecule has 11 nitrogen and oxygen atoms in total. The minimum atomic E-state index is -1.49. The van der Waals surface area contributed by atoms with E-state index in [2.05, 4.69) is 5.32 Å². The number of fused-ring (bicyclic) bond motifs is 6. The van der Waals surface area contributed by atoms with Crippen LogP contribution in [0.4, 0.5) is 0 Å². The van der Waals surface area contributed by atoms with Crippen LogP contribution in [0.2, 0.25) is 0 Å². The summed E-state index contributed by atoms with van der Waals surface area (Å²) in [6.07, 6.45) is -0.250. The number of hydrogen-bond acceptors (Lipinski definition) is 9. The summed E-state index contributed by atoms with van der Waals surface area (Å²) in [6, 6.07) is 13.8. The van der Waals surface area contributed by atoms with E-state index in [1.807, 2.05) is 0 Å². The molecule has 0 atom stereocenters. The third kappa shape index (κ3) is 4.54. The summed E-state index contributed by atoms with van der Waals surface area (Å²) < 4.78 is 22.6. The maximum Gasteiger partial charge on any atom is 0.340 e. The van der Waals surface area contributed by atoms with E-state index in [4.69, 9.17) is 24.1 Å². The molecule has 0 saturated heterocycles. The zero-order chi connectivity index (χ0) is 27.9. The average molecular weight is 531 g/mol. The van der Waals surface area contributed by atoms with Crippen LogP contribution in [0.25, 0.3) is 0 Å². The fraction of sp³-hybridized carbons (Fsp3) is 0.179. The normalized spacial score (nSPS) is 13.7. The second kappa shape index (κ2) is 9.60. The van der Waals surface area contributed by atoms with E-state index < -0.39 is 35.4 Å². The summed E-state index contributed by atoms with van der Waals surface area (Å²) in [5, 5.41) is 11.3. The third-order valence-corrected chi connectivity index (χ3v) is 6.16. The number of nitrogens with one attached hydrogen (secondary N) is 1. The monoisotopic (exact) mass is 531 g/mol. The molecule has 0 aliphatic carbocycles. The molecule has 0 unspecified atom stereocenters. The van der Waals surface area contributed by atoms with Crippen LogP contribution >= 0.6 is 0 Å². The van der Waals surface area contributed by atoms with Gasteiger partial charge in [0.2, 0.25) is 0 Å². The first-order valence-corrected chi connectivity index (χ1v) is 11.8. The zero-order valence-corrected chi connectivity index (χ0v) is 20.7. The molecule has 11 heteroatoms. The van der Waals surface area contributed by atoms with Gasteiger partial charge >= 0.3 is 23.9 Å². The summed E-state index contributed by atoms with van der Waals surface area (Å²) in [4.78, 5) is 59.7. The number of benzene rings is 3. The SMILES string of the molecule is CC(=O)Oc1ccc2c(c1)Oc1cc(OC(C)=O)ccc1C21OC(=O)c2cc(C(=O)NCCC(=O)O)ccc21. The zero-order valence-electron chi connectivity index (χ0n) is 20.7. The smallest absolute Gasteiger partial charge is 0.340 e. The number of esters is 3. The van der Waals surface area contributed by atoms with Gasteiger partial charge in [-0.05, 0) is 36.4 Å². The molecule has 3 aromatic carbocycles. The van der Waals surface area contributed by atoms with Crippen LogP contribution in [0.3, 0.4) is 0 Å². The first kappa shape index (κ1) is 25.5. The first-order chi connectivity index (χ1) is 18.6. The fourth-order valence-corrected chi connectivity index (χ4v) is 4.67. The Morgan fingerprint density at radius 2 is 1.41 bits per heavy atom. The van der Waals surface area contributed by atoms with Gasteiger partial charge in [-0.25, -0.2) is 4.79 Å². The van der Waals surface area contributed by atoms with Gasteiger partial charge in [0, 0.05) is 54.8 Å². The predicted molar refractivity (Wildman–Crippen MR) is 132 cm³/mol. The second-order valence-corrected chi connectivity index (χ2v) is 8.84. The van der Waals surface area contributed by atoms with E-state index in [1.165, 1.54) is 38.1 Å². The number of hydrogen-bond donors (Lipinski definition) is 2. The molecule has 0 aromatic heterocycles. The predicted octanol–water partition coefficient (Wildman–Crippen LogP) is 3.31. The molecule has 0 bridgehead atoms. The highest BCUT2D eigenvalue weighted by Gasteiger charge is 2.53. The van der Waals surface area contributed by atoms with E-state index in [9.17, 15) is 24.0 Å². The Hall–Kier alpha value is -5.19. The highest BCUT2D eigenvalue weighted by molar-refractivity contribution is 6.01. The molecule has 2 aliphatic rings. The summed E-state index contributed by atoms with van der Waals surface area (Å²) >= 11 is 0. The minimum Gasteiger partial charge on any atom is -0.481 e. The molecule has 2 aliphatic heterocycles. The molecule has 0 radical (unpaired) electrons. The highest BCUT2D eigenvalue weighted by Crippen LogP contribution is 2.57. The fourth-order valence-electron chi connectivity index (χ4n) is 4.67. The van der Waals surface area contributed by atoms with Crippen molar-refractivity contribution in [1.29, 1.82) is 0 Å². The number of ether oxygens (including phenoxy) is 4. The Bertz CT molecular complexity index is 1510. The second-order valence-electron chi connectivity index (χ2n) is 8.84. The number of aliphatic carboxylic acids is 1. The van der Waals surface area contributed by atoms with E-state index in [0.29, 0.717) is 16.7 Å². The molecule has 1 spiro atoms. The minimum absolute atomic E-state index is 0.0763. The molecule has 0 fully saturated rings. The van der Waals surface area contributed by atoms with Gasteiger partial charge in [0.05, 0.1) is 12.0 Å². The van der Waals surface area contributed by atoms with Crippen molar-refractivity contribution in [3.05, 3.63) is 82.4 Å². The summed E-state index contributed by atoms with van der Waals surface area (Å²) in [5.74, 6) is -2.50. The molecule has 5 rings (SSSR count). The molecule has 198 valence electrons. The van der Waals surface area contributed by atoms with Crippen LogP contribution in [-0.4, -0.2) is 41.4 Å².